The predicted octanol–water partition coefficient (Wildman–Crippen LogP) is 4.04. The summed E-state index contributed by atoms with van der Waals surface area (Å²) in [5, 5.41) is 4.30. The third kappa shape index (κ3) is 5.16. The fraction of sp³-hybridized carbons (Fsp3) is 0.320. The van der Waals surface area contributed by atoms with E-state index in [4.69, 9.17) is 14.2 Å². The number of aromatic nitrogens is 2. The Balaban J connectivity index is 1.77. The zero-order chi connectivity index (χ0) is 24.0. The Hall–Kier alpha value is -3.81. The molecule has 1 heterocycles. The van der Waals surface area contributed by atoms with Gasteiger partial charge in [-0.3, -0.25) is 4.79 Å². The molecule has 0 aliphatic carbocycles. The first-order valence-electron chi connectivity index (χ1n) is 10.8. The van der Waals surface area contributed by atoms with Gasteiger partial charge < -0.3 is 19.1 Å². The third-order valence-electron chi connectivity index (χ3n) is 5.35. The van der Waals surface area contributed by atoms with Gasteiger partial charge in [0.25, 0.3) is 5.91 Å². The fourth-order valence-electron chi connectivity index (χ4n) is 3.53. The molecule has 0 atom stereocenters. The van der Waals surface area contributed by atoms with E-state index >= 15 is 0 Å². The smallest absolute Gasteiger partial charge is 0.341 e. The van der Waals surface area contributed by atoms with Gasteiger partial charge in [0, 0.05) is 18.7 Å². The Bertz CT molecular complexity index is 1120. The average molecular weight is 452 g/mol. The molecule has 0 radical (unpaired) electrons. The lowest BCUT2D eigenvalue weighted by Gasteiger charge is -2.22. The average Bonchev–Trinajstić information content (AvgIpc) is 3.23. The Morgan fingerprint density at radius 2 is 1.70 bits per heavy atom. The van der Waals surface area contributed by atoms with Crippen molar-refractivity contribution in [2.75, 3.05) is 27.4 Å². The lowest BCUT2D eigenvalue weighted by Crippen LogP contribution is -2.30. The van der Waals surface area contributed by atoms with Gasteiger partial charge in [0.15, 0.2) is 11.5 Å². The van der Waals surface area contributed by atoms with Crippen LogP contribution in [0.4, 0.5) is 0 Å². The molecule has 0 saturated heterocycles. The highest BCUT2D eigenvalue weighted by Gasteiger charge is 2.18. The maximum atomic E-state index is 13.1. The molecule has 8 heteroatoms. The maximum Gasteiger partial charge on any atom is 0.341 e. The third-order valence-corrected chi connectivity index (χ3v) is 5.35. The molecule has 3 aromatic rings. The summed E-state index contributed by atoms with van der Waals surface area (Å²) in [5.74, 6) is 0.788. The fourth-order valence-corrected chi connectivity index (χ4v) is 3.53. The SMILES string of the molecule is CCOC(=O)c1cnn(-c2ccc(C(=O)N(CC)Cc3ccc(OC)c(OC)c3)cc2)c1C. The summed E-state index contributed by atoms with van der Waals surface area (Å²) in [5.41, 5.74) is 3.36. The summed E-state index contributed by atoms with van der Waals surface area (Å²) in [6.07, 6.45) is 1.49. The molecule has 174 valence electrons. The highest BCUT2D eigenvalue weighted by molar-refractivity contribution is 5.94. The number of esters is 1. The standard InChI is InChI=1S/C25H29N3O5/c1-6-27(16-18-8-13-22(31-4)23(14-18)32-5)24(29)19-9-11-20(12-10-19)28-17(3)21(15-26-28)25(30)33-7-2/h8-15H,6-7,16H2,1-5H3. The quantitative estimate of drug-likeness (QED) is 0.457. The van der Waals surface area contributed by atoms with Crippen molar-refractivity contribution in [2.24, 2.45) is 0 Å². The van der Waals surface area contributed by atoms with Crippen LogP contribution in [0.15, 0.2) is 48.7 Å². The number of carbonyl (C=O) groups excluding carboxylic acids is 2. The first-order valence-corrected chi connectivity index (χ1v) is 10.8. The first kappa shape index (κ1) is 23.8. The number of carbonyl (C=O) groups is 2. The van der Waals surface area contributed by atoms with Crippen molar-refractivity contribution >= 4 is 11.9 Å². The highest BCUT2D eigenvalue weighted by Crippen LogP contribution is 2.28. The minimum Gasteiger partial charge on any atom is -0.493 e. The summed E-state index contributed by atoms with van der Waals surface area (Å²) in [6, 6.07) is 12.8. The van der Waals surface area contributed by atoms with Crippen molar-refractivity contribution in [3.8, 4) is 17.2 Å². The van der Waals surface area contributed by atoms with Gasteiger partial charge in [0.05, 0.1) is 38.4 Å². The Morgan fingerprint density at radius 3 is 2.30 bits per heavy atom. The predicted molar refractivity (Wildman–Crippen MR) is 124 cm³/mol. The molecule has 2 aromatic carbocycles. The lowest BCUT2D eigenvalue weighted by molar-refractivity contribution is 0.0525. The zero-order valence-electron chi connectivity index (χ0n) is 19.6. The van der Waals surface area contributed by atoms with Crippen LogP contribution < -0.4 is 9.47 Å². The van der Waals surface area contributed by atoms with Crippen molar-refractivity contribution in [1.82, 2.24) is 14.7 Å². The Labute approximate surface area is 193 Å². The van der Waals surface area contributed by atoms with Crippen molar-refractivity contribution in [2.45, 2.75) is 27.3 Å². The molecule has 0 N–H and O–H groups in total. The molecule has 0 unspecified atom stereocenters. The normalized spacial score (nSPS) is 10.6. The molecular formula is C25H29N3O5. The second-order valence-electron chi connectivity index (χ2n) is 7.33. The first-order chi connectivity index (χ1) is 15.9. The minimum absolute atomic E-state index is 0.0803. The molecule has 0 fully saturated rings. The van der Waals surface area contributed by atoms with E-state index in [1.54, 1.807) is 49.8 Å². The number of rotatable bonds is 9. The van der Waals surface area contributed by atoms with Crippen LogP contribution in [0.3, 0.4) is 0 Å². The van der Waals surface area contributed by atoms with Crippen LogP contribution in [0.25, 0.3) is 5.69 Å². The van der Waals surface area contributed by atoms with Crippen LogP contribution in [0.2, 0.25) is 0 Å². The van der Waals surface area contributed by atoms with E-state index in [-0.39, 0.29) is 5.91 Å². The number of amides is 1. The van der Waals surface area contributed by atoms with E-state index in [9.17, 15) is 9.59 Å². The second-order valence-corrected chi connectivity index (χ2v) is 7.33. The number of ether oxygens (including phenoxy) is 3. The van der Waals surface area contributed by atoms with Gasteiger partial charge in [0.1, 0.15) is 5.56 Å². The molecule has 8 nitrogen and oxygen atoms in total. The summed E-state index contributed by atoms with van der Waals surface area (Å²) in [7, 11) is 3.17. The lowest BCUT2D eigenvalue weighted by atomic mass is 10.1. The van der Waals surface area contributed by atoms with Gasteiger partial charge >= 0.3 is 5.97 Å². The molecule has 3 rings (SSSR count). The van der Waals surface area contributed by atoms with E-state index in [1.807, 2.05) is 37.3 Å². The van der Waals surface area contributed by atoms with Crippen LogP contribution in [0.5, 0.6) is 11.5 Å². The van der Waals surface area contributed by atoms with Crippen LogP contribution >= 0.6 is 0 Å². The van der Waals surface area contributed by atoms with Crippen molar-refractivity contribution in [1.29, 1.82) is 0 Å². The molecule has 0 bridgehead atoms. The summed E-state index contributed by atoms with van der Waals surface area (Å²) >= 11 is 0. The molecule has 1 aromatic heterocycles. The van der Waals surface area contributed by atoms with Gasteiger partial charge in [0.2, 0.25) is 0 Å². The zero-order valence-corrected chi connectivity index (χ0v) is 19.6. The van der Waals surface area contributed by atoms with Gasteiger partial charge in [-0.2, -0.15) is 5.10 Å². The summed E-state index contributed by atoms with van der Waals surface area (Å²) in [6.45, 7) is 6.81. The van der Waals surface area contributed by atoms with Crippen LogP contribution in [0.1, 0.15) is 45.8 Å². The topological polar surface area (TPSA) is 82.9 Å². The maximum absolute atomic E-state index is 13.1. The van der Waals surface area contributed by atoms with Gasteiger partial charge in [-0.05, 0) is 62.7 Å². The van der Waals surface area contributed by atoms with E-state index in [2.05, 4.69) is 5.10 Å². The van der Waals surface area contributed by atoms with Crippen LogP contribution in [-0.2, 0) is 11.3 Å². The molecule has 0 saturated carbocycles. The van der Waals surface area contributed by atoms with E-state index in [1.165, 1.54) is 6.20 Å². The van der Waals surface area contributed by atoms with Crippen molar-refractivity contribution in [3.05, 3.63) is 71.0 Å². The van der Waals surface area contributed by atoms with Crippen LogP contribution in [0, 0.1) is 6.92 Å². The summed E-state index contributed by atoms with van der Waals surface area (Å²) in [4.78, 5) is 26.9. The monoisotopic (exact) mass is 451 g/mol. The minimum atomic E-state index is -0.401. The van der Waals surface area contributed by atoms with Crippen molar-refractivity contribution < 1.29 is 23.8 Å². The molecule has 0 aliphatic heterocycles. The molecular weight excluding hydrogens is 422 g/mol. The number of benzene rings is 2. The Kier molecular flexibility index (Phi) is 7.71. The largest absolute Gasteiger partial charge is 0.493 e. The highest BCUT2D eigenvalue weighted by atomic mass is 16.5. The summed E-state index contributed by atoms with van der Waals surface area (Å²) < 4.78 is 17.4. The molecule has 1 amide bonds. The van der Waals surface area contributed by atoms with Gasteiger partial charge in [-0.25, -0.2) is 9.48 Å². The Morgan fingerprint density at radius 1 is 1.00 bits per heavy atom. The van der Waals surface area contributed by atoms with Crippen molar-refractivity contribution in [3.63, 3.8) is 0 Å². The number of nitrogens with zero attached hydrogens (tertiary/aromatic N) is 3. The van der Waals surface area contributed by atoms with Gasteiger partial charge in [-0.1, -0.05) is 6.07 Å². The number of hydrogen-bond acceptors (Lipinski definition) is 6. The number of hydrogen-bond donors (Lipinski definition) is 0. The number of methoxy groups -OCH3 is 2. The van der Waals surface area contributed by atoms with E-state index in [0.717, 1.165) is 11.3 Å². The van der Waals surface area contributed by atoms with Crippen LogP contribution in [-0.4, -0.2) is 53.9 Å². The van der Waals surface area contributed by atoms with E-state index in [0.29, 0.717) is 48.0 Å². The van der Waals surface area contributed by atoms with E-state index < -0.39 is 5.97 Å². The second kappa shape index (κ2) is 10.7. The molecule has 0 spiro atoms. The molecule has 0 aliphatic rings. The van der Waals surface area contributed by atoms with Gasteiger partial charge in [-0.15, -0.1) is 0 Å². The molecule has 33 heavy (non-hydrogen) atoms.